The van der Waals surface area contributed by atoms with Gasteiger partial charge in [-0.2, -0.15) is 0 Å². The molecule has 0 aliphatic heterocycles. The zero-order chi connectivity index (χ0) is 12.0. The van der Waals surface area contributed by atoms with Crippen LogP contribution in [0.25, 0.3) is 0 Å². The van der Waals surface area contributed by atoms with Crippen LogP contribution >= 0.6 is 0 Å². The second kappa shape index (κ2) is 6.21. The van der Waals surface area contributed by atoms with Crippen LogP contribution in [0, 0.1) is 0 Å². The van der Waals surface area contributed by atoms with E-state index < -0.39 is 0 Å². The first kappa shape index (κ1) is 13.5. The molecule has 94 valence electrons. The number of carbonyl (C=O) groups is 1. The minimum atomic E-state index is -0.206. The van der Waals surface area contributed by atoms with Crippen molar-refractivity contribution < 1.29 is 9.90 Å². The first-order chi connectivity index (χ1) is 7.63. The Bertz CT molecular complexity index is 225. The molecule has 16 heavy (non-hydrogen) atoms. The molecule has 2 N–H and O–H groups in total. The maximum atomic E-state index is 11.7. The molecule has 0 aromatic heterocycles. The van der Waals surface area contributed by atoms with Crippen molar-refractivity contribution in [1.82, 2.24) is 10.2 Å². The quantitative estimate of drug-likeness (QED) is 0.730. The third-order valence-corrected chi connectivity index (χ3v) is 3.63. The summed E-state index contributed by atoms with van der Waals surface area (Å²) < 4.78 is 0. The molecule has 1 aliphatic rings. The number of hydrogen-bond donors (Lipinski definition) is 2. The zero-order valence-electron chi connectivity index (χ0n) is 10.5. The average Bonchev–Trinajstić information content (AvgIpc) is 2.36. The van der Waals surface area contributed by atoms with Crippen molar-refractivity contribution in [3.63, 3.8) is 0 Å². The molecule has 4 nitrogen and oxygen atoms in total. The van der Waals surface area contributed by atoms with Gasteiger partial charge in [0.2, 0.25) is 5.91 Å². The van der Waals surface area contributed by atoms with Gasteiger partial charge in [0.05, 0.1) is 13.2 Å². The molecule has 0 heterocycles. The van der Waals surface area contributed by atoms with E-state index in [1.165, 1.54) is 6.42 Å². The second-order valence-corrected chi connectivity index (χ2v) is 4.76. The number of amides is 1. The van der Waals surface area contributed by atoms with Crippen molar-refractivity contribution in [2.24, 2.45) is 0 Å². The van der Waals surface area contributed by atoms with Crippen LogP contribution in [0.3, 0.4) is 0 Å². The molecule has 0 saturated heterocycles. The Morgan fingerprint density at radius 2 is 2.00 bits per heavy atom. The maximum Gasteiger partial charge on any atom is 0.236 e. The van der Waals surface area contributed by atoms with Crippen molar-refractivity contribution in [2.75, 3.05) is 26.7 Å². The molecule has 1 rings (SSSR count). The molecule has 1 saturated carbocycles. The normalized spacial score (nSPS) is 19.4. The minimum Gasteiger partial charge on any atom is -0.394 e. The number of nitrogens with one attached hydrogen (secondary N) is 1. The smallest absolute Gasteiger partial charge is 0.236 e. The van der Waals surface area contributed by atoms with Crippen LogP contribution in [0.4, 0.5) is 0 Å². The van der Waals surface area contributed by atoms with E-state index in [0.717, 1.165) is 32.2 Å². The summed E-state index contributed by atoms with van der Waals surface area (Å²) in [6, 6.07) is 0. The molecule has 4 heteroatoms. The number of rotatable bonds is 5. The largest absolute Gasteiger partial charge is 0.394 e. The molecule has 0 aromatic carbocycles. The van der Waals surface area contributed by atoms with Gasteiger partial charge in [-0.15, -0.1) is 0 Å². The molecule has 1 fully saturated rings. The highest BCUT2D eigenvalue weighted by atomic mass is 16.3. The summed E-state index contributed by atoms with van der Waals surface area (Å²) in [5.74, 6) is 0.0981. The van der Waals surface area contributed by atoms with E-state index in [0.29, 0.717) is 6.54 Å². The summed E-state index contributed by atoms with van der Waals surface area (Å²) in [4.78, 5) is 13.4. The Morgan fingerprint density at radius 1 is 1.38 bits per heavy atom. The third-order valence-electron chi connectivity index (χ3n) is 3.63. The average molecular weight is 228 g/mol. The lowest BCUT2D eigenvalue weighted by molar-refractivity contribution is -0.129. The standard InChI is InChI=1S/C12H24N2O2/c1-3-14(2)11(16)9-13-12(10-15)7-5-4-6-8-12/h13,15H,3-10H2,1-2H3. The van der Waals surface area contributed by atoms with Gasteiger partial charge >= 0.3 is 0 Å². The molecule has 0 atom stereocenters. The van der Waals surface area contributed by atoms with Crippen LogP contribution in [0.1, 0.15) is 39.0 Å². The SMILES string of the molecule is CCN(C)C(=O)CNC1(CO)CCCCC1. The molecule has 0 spiro atoms. The maximum absolute atomic E-state index is 11.7. The van der Waals surface area contributed by atoms with Crippen LogP contribution in [-0.4, -0.2) is 48.2 Å². The summed E-state index contributed by atoms with van der Waals surface area (Å²) in [7, 11) is 1.80. The van der Waals surface area contributed by atoms with Gasteiger partial charge in [0.15, 0.2) is 0 Å². The first-order valence-corrected chi connectivity index (χ1v) is 6.23. The summed E-state index contributed by atoms with van der Waals surface area (Å²) >= 11 is 0. The second-order valence-electron chi connectivity index (χ2n) is 4.76. The number of nitrogens with zero attached hydrogens (tertiary/aromatic N) is 1. The molecule has 0 unspecified atom stereocenters. The summed E-state index contributed by atoms with van der Waals surface area (Å²) in [6.45, 7) is 3.16. The number of likely N-dealkylation sites (N-methyl/N-ethyl adjacent to an activating group) is 1. The van der Waals surface area contributed by atoms with Crippen LogP contribution in [0.15, 0.2) is 0 Å². The van der Waals surface area contributed by atoms with E-state index >= 15 is 0 Å². The fourth-order valence-electron chi connectivity index (χ4n) is 2.19. The highest BCUT2D eigenvalue weighted by molar-refractivity contribution is 5.78. The van der Waals surface area contributed by atoms with Crippen molar-refractivity contribution in [3.8, 4) is 0 Å². The molecule has 0 bridgehead atoms. The lowest BCUT2D eigenvalue weighted by Gasteiger charge is -2.36. The highest BCUT2D eigenvalue weighted by Gasteiger charge is 2.31. The lowest BCUT2D eigenvalue weighted by Crippen LogP contribution is -2.53. The Hall–Kier alpha value is -0.610. The van der Waals surface area contributed by atoms with Crippen molar-refractivity contribution in [3.05, 3.63) is 0 Å². The number of aliphatic hydroxyl groups excluding tert-OH is 1. The van der Waals surface area contributed by atoms with Gasteiger partial charge in [-0.05, 0) is 19.8 Å². The Kier molecular flexibility index (Phi) is 5.22. The van der Waals surface area contributed by atoms with E-state index in [9.17, 15) is 9.90 Å². The van der Waals surface area contributed by atoms with E-state index in [1.54, 1.807) is 11.9 Å². The monoisotopic (exact) mass is 228 g/mol. The lowest BCUT2D eigenvalue weighted by atomic mass is 9.82. The minimum absolute atomic E-state index is 0.0981. The van der Waals surface area contributed by atoms with E-state index in [-0.39, 0.29) is 18.1 Å². The van der Waals surface area contributed by atoms with Crippen LogP contribution in [0.2, 0.25) is 0 Å². The van der Waals surface area contributed by atoms with E-state index in [1.807, 2.05) is 6.92 Å². The highest BCUT2D eigenvalue weighted by Crippen LogP contribution is 2.27. The Balaban J connectivity index is 2.41. The van der Waals surface area contributed by atoms with Gasteiger partial charge in [-0.3, -0.25) is 4.79 Å². The van der Waals surface area contributed by atoms with Crippen LogP contribution in [0.5, 0.6) is 0 Å². The van der Waals surface area contributed by atoms with E-state index in [4.69, 9.17) is 0 Å². The molecular formula is C12H24N2O2. The molecule has 1 amide bonds. The van der Waals surface area contributed by atoms with Gasteiger partial charge in [-0.25, -0.2) is 0 Å². The Morgan fingerprint density at radius 3 is 2.50 bits per heavy atom. The summed E-state index contributed by atoms with van der Waals surface area (Å²) in [6.07, 6.45) is 5.49. The van der Waals surface area contributed by atoms with Crippen LogP contribution in [-0.2, 0) is 4.79 Å². The van der Waals surface area contributed by atoms with Crippen molar-refractivity contribution in [1.29, 1.82) is 0 Å². The van der Waals surface area contributed by atoms with Crippen LogP contribution < -0.4 is 5.32 Å². The van der Waals surface area contributed by atoms with E-state index in [2.05, 4.69) is 5.32 Å². The fraction of sp³-hybridized carbons (Fsp3) is 0.917. The molecular weight excluding hydrogens is 204 g/mol. The topological polar surface area (TPSA) is 52.6 Å². The fourth-order valence-corrected chi connectivity index (χ4v) is 2.19. The Labute approximate surface area is 98.0 Å². The van der Waals surface area contributed by atoms with Gasteiger partial charge in [0.1, 0.15) is 0 Å². The van der Waals surface area contributed by atoms with Crippen molar-refractivity contribution in [2.45, 2.75) is 44.6 Å². The van der Waals surface area contributed by atoms with Gasteiger partial charge in [-0.1, -0.05) is 19.3 Å². The zero-order valence-corrected chi connectivity index (χ0v) is 10.5. The summed E-state index contributed by atoms with van der Waals surface area (Å²) in [5, 5.41) is 12.7. The number of hydrogen-bond acceptors (Lipinski definition) is 3. The predicted molar refractivity (Wildman–Crippen MR) is 64.2 cm³/mol. The number of carbonyl (C=O) groups excluding carboxylic acids is 1. The third kappa shape index (κ3) is 3.46. The molecule has 1 aliphatic carbocycles. The van der Waals surface area contributed by atoms with Gasteiger partial charge in [0, 0.05) is 19.1 Å². The van der Waals surface area contributed by atoms with Gasteiger partial charge < -0.3 is 15.3 Å². The van der Waals surface area contributed by atoms with Gasteiger partial charge in [0.25, 0.3) is 0 Å². The molecule has 0 aromatic rings. The first-order valence-electron chi connectivity index (χ1n) is 6.23. The summed E-state index contributed by atoms with van der Waals surface area (Å²) in [5.41, 5.74) is -0.206. The predicted octanol–water partition coefficient (Wildman–Crippen LogP) is 0.749. The number of aliphatic hydroxyl groups is 1. The molecule has 0 radical (unpaired) electrons. The van der Waals surface area contributed by atoms with Crippen molar-refractivity contribution >= 4 is 5.91 Å².